The molecule has 0 amide bonds. The van der Waals surface area contributed by atoms with Crippen LogP contribution in [0.2, 0.25) is 0 Å². The molecule has 3 heteroatoms. The molecule has 0 aliphatic rings. The van der Waals surface area contributed by atoms with E-state index >= 15 is 0 Å². The van der Waals surface area contributed by atoms with Gasteiger partial charge in [0.25, 0.3) is 0 Å². The van der Waals surface area contributed by atoms with Crippen LogP contribution in [0.5, 0.6) is 0 Å². The fourth-order valence-electron chi connectivity index (χ4n) is 1.89. The first-order valence-corrected chi connectivity index (χ1v) is 9.26. The highest BCUT2D eigenvalue weighted by atomic mass is 32.2. The molecular weight excluding hydrogens is 280 g/mol. The third-order valence-electron chi connectivity index (χ3n) is 2.65. The Morgan fingerprint density at radius 1 is 1.38 bits per heavy atom. The lowest BCUT2D eigenvalue weighted by molar-refractivity contribution is 0.366. The molecule has 21 heavy (non-hydrogen) atoms. The van der Waals surface area contributed by atoms with Crippen LogP contribution in [-0.2, 0) is 14.3 Å². The second-order valence-electron chi connectivity index (χ2n) is 5.26. The minimum absolute atomic E-state index is 0.364. The summed E-state index contributed by atoms with van der Waals surface area (Å²) < 4.78 is 18.0. The van der Waals surface area contributed by atoms with Gasteiger partial charge in [-0.1, -0.05) is 31.7 Å². The molecule has 2 unspecified atom stereocenters. The van der Waals surface area contributed by atoms with Gasteiger partial charge in [-0.15, -0.1) is 6.58 Å². The molecule has 0 heterocycles. The van der Waals surface area contributed by atoms with Gasteiger partial charge in [0.15, 0.2) is 0 Å². The topological polar surface area (TPSA) is 26.3 Å². The predicted octanol–water partition coefficient (Wildman–Crippen LogP) is 4.48. The third-order valence-corrected chi connectivity index (χ3v) is 4.76. The highest BCUT2D eigenvalue weighted by Crippen LogP contribution is 2.08. The predicted molar refractivity (Wildman–Crippen MR) is 96.9 cm³/mol. The van der Waals surface area contributed by atoms with E-state index in [1.54, 1.807) is 24.0 Å². The molecule has 0 N–H and O–H groups in total. The van der Waals surface area contributed by atoms with Gasteiger partial charge in [0.05, 0.1) is 6.26 Å². The van der Waals surface area contributed by atoms with Crippen molar-refractivity contribution in [3.05, 3.63) is 61.1 Å². The molecule has 2 nitrogen and oxygen atoms in total. The average molecular weight is 308 g/mol. The van der Waals surface area contributed by atoms with Crippen molar-refractivity contribution in [1.82, 2.24) is 0 Å². The van der Waals surface area contributed by atoms with Gasteiger partial charge in [-0.05, 0) is 58.8 Å². The third kappa shape index (κ3) is 9.97. The van der Waals surface area contributed by atoms with Crippen LogP contribution in [0.1, 0.15) is 27.2 Å². The lowest BCUT2D eigenvalue weighted by Crippen LogP contribution is -2.14. The van der Waals surface area contributed by atoms with Crippen molar-refractivity contribution in [2.45, 2.75) is 27.2 Å². The van der Waals surface area contributed by atoms with E-state index in [-0.39, 0.29) is 0 Å². The molecule has 0 spiro atoms. The Kier molecular flexibility index (Phi) is 9.55. The van der Waals surface area contributed by atoms with E-state index in [1.807, 2.05) is 38.2 Å². The summed E-state index contributed by atoms with van der Waals surface area (Å²) in [4.78, 5) is 0. The molecule has 0 aromatic rings. The first-order chi connectivity index (χ1) is 9.84. The van der Waals surface area contributed by atoms with Gasteiger partial charge in [-0.3, -0.25) is 4.21 Å². The fraction of sp³-hybridized carbons (Fsp3) is 0.389. The summed E-state index contributed by atoms with van der Waals surface area (Å²) in [6.45, 7) is 13.3. The molecule has 0 saturated heterocycles. The molecule has 0 aromatic heterocycles. The van der Waals surface area contributed by atoms with Gasteiger partial charge in [0.1, 0.15) is 5.76 Å². The maximum atomic E-state index is 12.5. The summed E-state index contributed by atoms with van der Waals surface area (Å²) in [5, 5.41) is 1.79. The molecule has 0 radical (unpaired) electrons. The Morgan fingerprint density at radius 2 is 2.05 bits per heavy atom. The SMILES string of the molecule is C=CCC(C)CS(C)(=O)=C/C(C)=C/OC(C=C)=CC=CC. The van der Waals surface area contributed by atoms with E-state index in [0.29, 0.717) is 17.4 Å². The first-order valence-electron chi connectivity index (χ1n) is 7.06. The van der Waals surface area contributed by atoms with Crippen LogP contribution in [-0.4, -0.2) is 21.6 Å². The zero-order valence-electron chi connectivity index (χ0n) is 13.7. The van der Waals surface area contributed by atoms with E-state index in [1.165, 1.54) is 0 Å². The maximum absolute atomic E-state index is 12.5. The Labute approximate surface area is 130 Å². The van der Waals surface area contributed by atoms with Gasteiger partial charge < -0.3 is 4.74 Å². The quantitative estimate of drug-likeness (QED) is 0.206. The fourth-order valence-corrected chi connectivity index (χ4v) is 4.10. The van der Waals surface area contributed by atoms with E-state index in [4.69, 9.17) is 4.74 Å². The molecule has 0 aliphatic heterocycles. The molecule has 0 aliphatic carbocycles. The Morgan fingerprint density at radius 3 is 2.57 bits per heavy atom. The highest BCUT2D eigenvalue weighted by Gasteiger charge is 2.07. The second-order valence-corrected chi connectivity index (χ2v) is 7.98. The van der Waals surface area contributed by atoms with Crippen molar-refractivity contribution in [1.29, 1.82) is 0 Å². The highest BCUT2D eigenvalue weighted by molar-refractivity contribution is 8.00. The number of hydrogen-bond acceptors (Lipinski definition) is 2. The molecule has 0 rings (SSSR count). The summed E-state index contributed by atoms with van der Waals surface area (Å²) in [6, 6.07) is 0. The summed E-state index contributed by atoms with van der Waals surface area (Å²) in [5.74, 6) is 1.68. The molecule has 0 saturated carbocycles. The van der Waals surface area contributed by atoms with Crippen molar-refractivity contribution in [2.24, 2.45) is 5.92 Å². The van der Waals surface area contributed by atoms with Gasteiger partial charge >= 0.3 is 0 Å². The number of allylic oxidation sites excluding steroid dienone is 6. The maximum Gasteiger partial charge on any atom is 0.125 e. The van der Waals surface area contributed by atoms with Crippen LogP contribution < -0.4 is 0 Å². The molecule has 0 aromatic carbocycles. The summed E-state index contributed by atoms with van der Waals surface area (Å²) in [6.07, 6.45) is 13.4. The van der Waals surface area contributed by atoms with E-state index in [9.17, 15) is 4.21 Å². The van der Waals surface area contributed by atoms with Crippen LogP contribution in [0.3, 0.4) is 0 Å². The minimum Gasteiger partial charge on any atom is -0.465 e. The van der Waals surface area contributed by atoms with Crippen LogP contribution in [0.25, 0.3) is 0 Å². The van der Waals surface area contributed by atoms with Crippen LogP contribution in [0.15, 0.2) is 61.1 Å². The molecular formula is C18H28O2S. The van der Waals surface area contributed by atoms with Crippen LogP contribution in [0, 0.1) is 5.92 Å². The van der Waals surface area contributed by atoms with Crippen molar-refractivity contribution in [2.75, 3.05) is 12.0 Å². The molecule has 2 atom stereocenters. The lowest BCUT2D eigenvalue weighted by Gasteiger charge is -2.11. The zero-order chi connectivity index (χ0) is 16.3. The van der Waals surface area contributed by atoms with Gasteiger partial charge in [0.2, 0.25) is 0 Å². The van der Waals surface area contributed by atoms with Crippen molar-refractivity contribution in [3.63, 3.8) is 0 Å². The van der Waals surface area contributed by atoms with Gasteiger partial charge in [-0.2, -0.15) is 0 Å². The second kappa shape index (κ2) is 10.3. The van der Waals surface area contributed by atoms with Crippen molar-refractivity contribution < 1.29 is 8.95 Å². The number of rotatable bonds is 9. The largest absolute Gasteiger partial charge is 0.465 e. The van der Waals surface area contributed by atoms with E-state index in [2.05, 4.69) is 20.1 Å². The average Bonchev–Trinajstić information content (AvgIpc) is 2.37. The normalized spacial score (nSPS) is 17.1. The molecule has 118 valence electrons. The Bertz CT molecular complexity index is 542. The molecule has 0 fully saturated rings. The van der Waals surface area contributed by atoms with E-state index in [0.717, 1.165) is 12.0 Å². The Balaban J connectivity index is 4.91. The van der Waals surface area contributed by atoms with Crippen LogP contribution >= 0.6 is 0 Å². The monoisotopic (exact) mass is 308 g/mol. The summed E-state index contributed by atoms with van der Waals surface area (Å²) in [7, 11) is -2.00. The zero-order valence-corrected chi connectivity index (χ0v) is 14.5. The first kappa shape index (κ1) is 19.5. The van der Waals surface area contributed by atoms with Crippen molar-refractivity contribution >= 4 is 14.9 Å². The summed E-state index contributed by atoms with van der Waals surface area (Å²) in [5.41, 5.74) is 0.849. The van der Waals surface area contributed by atoms with Crippen LogP contribution in [0.4, 0.5) is 0 Å². The number of hydrogen-bond donors (Lipinski definition) is 0. The number of ether oxygens (including phenoxy) is 1. The van der Waals surface area contributed by atoms with Crippen molar-refractivity contribution in [3.8, 4) is 0 Å². The van der Waals surface area contributed by atoms with E-state index < -0.39 is 9.52 Å². The van der Waals surface area contributed by atoms with Gasteiger partial charge in [-0.25, -0.2) is 0 Å². The minimum atomic E-state index is -2.00. The summed E-state index contributed by atoms with van der Waals surface area (Å²) >= 11 is 0. The standard InChI is InChI=1S/C18H28O2S/c1-7-10-12-18(9-3)20-13-17(5)15-21(6,19)14-16(4)11-8-2/h7-10,12-13,15-16H,2-3,11,14H2,1,4-6H3/b10-7?,17-13+,18-12?. The lowest BCUT2D eigenvalue weighted by atomic mass is 10.1. The molecule has 0 bridgehead atoms. The smallest absolute Gasteiger partial charge is 0.125 e. The van der Waals surface area contributed by atoms with Gasteiger partial charge in [0, 0.05) is 12.0 Å². The Hall–Kier alpha value is -1.48.